The molecule has 0 amide bonds. The number of hydrogen-bond donors (Lipinski definition) is 0. The maximum absolute atomic E-state index is 10.0. The van der Waals surface area contributed by atoms with E-state index in [9.17, 15) is 4.79 Å². The molecule has 0 bridgehead atoms. The molecular weight excluding hydrogens is 100 g/mol. The Morgan fingerprint density at radius 2 is 2.38 bits per heavy atom. The lowest BCUT2D eigenvalue weighted by atomic mass is 10.2. The first-order valence-corrected chi connectivity index (χ1v) is 2.56. The summed E-state index contributed by atoms with van der Waals surface area (Å²) in [6.07, 6.45) is 5.03. The zero-order valence-corrected chi connectivity index (χ0v) is 5.05. The Labute approximate surface area is 49.7 Å². The average Bonchev–Trinajstić information content (AvgIpc) is 1.83. The standard InChI is InChI=1S/C7H10O/c1-3-5-7(4-2)6-8/h3-4,6H,1,5H2,2H3/b7-4+. The summed E-state index contributed by atoms with van der Waals surface area (Å²) < 4.78 is 0. The van der Waals surface area contributed by atoms with E-state index in [2.05, 4.69) is 6.58 Å². The quantitative estimate of drug-likeness (QED) is 0.307. The Balaban J connectivity index is 3.71. The third-order valence-corrected chi connectivity index (χ3v) is 0.902. The molecule has 0 unspecified atom stereocenters. The molecule has 0 saturated heterocycles. The van der Waals surface area contributed by atoms with E-state index in [1.807, 2.05) is 6.92 Å². The molecule has 44 valence electrons. The summed E-state index contributed by atoms with van der Waals surface area (Å²) in [6, 6.07) is 0. The van der Waals surface area contributed by atoms with E-state index in [0.717, 1.165) is 11.9 Å². The molecule has 0 fully saturated rings. The Bertz CT molecular complexity index is 112. The van der Waals surface area contributed by atoms with Gasteiger partial charge in [0.15, 0.2) is 0 Å². The summed E-state index contributed by atoms with van der Waals surface area (Å²) in [5.74, 6) is 0. The molecule has 0 spiro atoms. The molecule has 1 heteroatoms. The van der Waals surface area contributed by atoms with Crippen molar-refractivity contribution in [3.05, 3.63) is 24.3 Å². The molecule has 0 saturated carbocycles. The van der Waals surface area contributed by atoms with Crippen molar-refractivity contribution < 1.29 is 4.79 Å². The summed E-state index contributed by atoms with van der Waals surface area (Å²) in [5, 5.41) is 0. The van der Waals surface area contributed by atoms with Gasteiger partial charge in [-0.25, -0.2) is 0 Å². The molecular formula is C7H10O. The van der Waals surface area contributed by atoms with E-state index in [1.54, 1.807) is 12.2 Å². The Morgan fingerprint density at radius 1 is 1.75 bits per heavy atom. The third kappa shape index (κ3) is 2.35. The number of rotatable bonds is 3. The van der Waals surface area contributed by atoms with Crippen molar-refractivity contribution >= 4 is 6.29 Å². The van der Waals surface area contributed by atoms with Crippen LogP contribution >= 0.6 is 0 Å². The first kappa shape index (κ1) is 7.15. The predicted octanol–water partition coefficient (Wildman–Crippen LogP) is 1.71. The highest BCUT2D eigenvalue weighted by Crippen LogP contribution is 1.95. The van der Waals surface area contributed by atoms with E-state index >= 15 is 0 Å². The lowest BCUT2D eigenvalue weighted by Gasteiger charge is -1.86. The number of carbonyl (C=O) groups excluding carboxylic acids is 1. The highest BCUT2D eigenvalue weighted by Gasteiger charge is 1.84. The molecule has 0 radical (unpaired) electrons. The van der Waals surface area contributed by atoms with Gasteiger partial charge in [-0.2, -0.15) is 0 Å². The van der Waals surface area contributed by atoms with Gasteiger partial charge in [0.05, 0.1) is 0 Å². The van der Waals surface area contributed by atoms with Gasteiger partial charge in [-0.3, -0.25) is 4.79 Å². The van der Waals surface area contributed by atoms with Crippen LogP contribution in [0.2, 0.25) is 0 Å². The summed E-state index contributed by atoms with van der Waals surface area (Å²) in [6.45, 7) is 5.34. The first-order valence-electron chi connectivity index (χ1n) is 2.56. The Hall–Kier alpha value is -0.850. The molecule has 0 aliphatic carbocycles. The van der Waals surface area contributed by atoms with Crippen molar-refractivity contribution in [3.63, 3.8) is 0 Å². The lowest BCUT2D eigenvalue weighted by Crippen LogP contribution is -1.78. The number of allylic oxidation sites excluding steroid dienone is 3. The molecule has 1 nitrogen and oxygen atoms in total. The SMILES string of the molecule is C=CC/C(C=O)=C\C. The minimum atomic E-state index is 0.681. The van der Waals surface area contributed by atoms with Crippen molar-refractivity contribution in [1.82, 2.24) is 0 Å². The van der Waals surface area contributed by atoms with E-state index in [0.29, 0.717) is 6.42 Å². The molecule has 0 aromatic heterocycles. The minimum Gasteiger partial charge on any atom is -0.298 e. The molecule has 0 aromatic carbocycles. The van der Waals surface area contributed by atoms with Gasteiger partial charge < -0.3 is 0 Å². The van der Waals surface area contributed by atoms with Crippen molar-refractivity contribution in [2.24, 2.45) is 0 Å². The summed E-state index contributed by atoms with van der Waals surface area (Å²) in [7, 11) is 0. The number of hydrogen-bond acceptors (Lipinski definition) is 1. The molecule has 0 aliphatic rings. The zero-order chi connectivity index (χ0) is 6.41. The van der Waals surface area contributed by atoms with Crippen molar-refractivity contribution in [3.8, 4) is 0 Å². The van der Waals surface area contributed by atoms with Gasteiger partial charge in [0, 0.05) is 0 Å². The van der Waals surface area contributed by atoms with Crippen LogP contribution in [-0.4, -0.2) is 6.29 Å². The van der Waals surface area contributed by atoms with Crippen molar-refractivity contribution in [2.45, 2.75) is 13.3 Å². The largest absolute Gasteiger partial charge is 0.298 e. The van der Waals surface area contributed by atoms with Crippen LogP contribution < -0.4 is 0 Å². The molecule has 0 atom stereocenters. The van der Waals surface area contributed by atoms with Crippen LogP contribution in [0.25, 0.3) is 0 Å². The molecule has 8 heavy (non-hydrogen) atoms. The Kier molecular flexibility index (Phi) is 3.85. The van der Waals surface area contributed by atoms with Crippen LogP contribution in [0.3, 0.4) is 0 Å². The smallest absolute Gasteiger partial charge is 0.146 e. The van der Waals surface area contributed by atoms with Gasteiger partial charge >= 0.3 is 0 Å². The van der Waals surface area contributed by atoms with Crippen molar-refractivity contribution in [2.75, 3.05) is 0 Å². The summed E-state index contributed by atoms with van der Waals surface area (Å²) in [4.78, 5) is 10.0. The highest BCUT2D eigenvalue weighted by molar-refractivity contribution is 5.73. The molecule has 0 N–H and O–H groups in total. The van der Waals surface area contributed by atoms with E-state index in [1.165, 1.54) is 0 Å². The number of aldehydes is 1. The second-order valence-corrected chi connectivity index (χ2v) is 1.47. The third-order valence-electron chi connectivity index (χ3n) is 0.902. The van der Waals surface area contributed by atoms with Crippen LogP contribution in [0.1, 0.15) is 13.3 Å². The normalized spacial score (nSPS) is 10.9. The van der Waals surface area contributed by atoms with Crippen molar-refractivity contribution in [1.29, 1.82) is 0 Å². The van der Waals surface area contributed by atoms with E-state index < -0.39 is 0 Å². The van der Waals surface area contributed by atoms with Crippen LogP contribution in [0.5, 0.6) is 0 Å². The molecule has 0 aromatic rings. The van der Waals surface area contributed by atoms with Gasteiger partial charge in [-0.15, -0.1) is 6.58 Å². The van der Waals surface area contributed by atoms with Crippen LogP contribution in [0.4, 0.5) is 0 Å². The maximum Gasteiger partial charge on any atom is 0.146 e. The average molecular weight is 110 g/mol. The van der Waals surface area contributed by atoms with Gasteiger partial charge in [-0.1, -0.05) is 12.2 Å². The predicted molar refractivity (Wildman–Crippen MR) is 34.6 cm³/mol. The minimum absolute atomic E-state index is 0.681. The topological polar surface area (TPSA) is 17.1 Å². The van der Waals surface area contributed by atoms with E-state index in [4.69, 9.17) is 0 Å². The fourth-order valence-electron chi connectivity index (χ4n) is 0.401. The van der Waals surface area contributed by atoms with E-state index in [-0.39, 0.29) is 0 Å². The van der Waals surface area contributed by atoms with Gasteiger partial charge in [0.2, 0.25) is 0 Å². The van der Waals surface area contributed by atoms with Gasteiger partial charge in [0.1, 0.15) is 6.29 Å². The Morgan fingerprint density at radius 3 is 2.50 bits per heavy atom. The lowest BCUT2D eigenvalue weighted by molar-refractivity contribution is -0.105. The zero-order valence-electron chi connectivity index (χ0n) is 5.05. The van der Waals surface area contributed by atoms with Crippen LogP contribution in [0, 0.1) is 0 Å². The van der Waals surface area contributed by atoms with Gasteiger partial charge in [-0.05, 0) is 18.9 Å². The number of carbonyl (C=O) groups is 1. The highest BCUT2D eigenvalue weighted by atomic mass is 16.1. The monoisotopic (exact) mass is 110 g/mol. The van der Waals surface area contributed by atoms with Gasteiger partial charge in [0.25, 0.3) is 0 Å². The molecule has 0 rings (SSSR count). The summed E-state index contributed by atoms with van der Waals surface area (Å²) in [5.41, 5.74) is 0.792. The second kappa shape index (κ2) is 4.31. The first-order chi connectivity index (χ1) is 3.85. The molecule has 0 aliphatic heterocycles. The summed E-state index contributed by atoms with van der Waals surface area (Å²) >= 11 is 0. The molecule has 0 heterocycles. The maximum atomic E-state index is 10.0. The van der Waals surface area contributed by atoms with Crippen LogP contribution in [-0.2, 0) is 4.79 Å². The second-order valence-electron chi connectivity index (χ2n) is 1.47. The fourth-order valence-corrected chi connectivity index (χ4v) is 0.401. The van der Waals surface area contributed by atoms with Crippen LogP contribution in [0.15, 0.2) is 24.3 Å². The fraction of sp³-hybridized carbons (Fsp3) is 0.286.